The van der Waals surface area contributed by atoms with Crippen LogP contribution in [0.3, 0.4) is 0 Å². The zero-order valence-electron chi connectivity index (χ0n) is 12.6. The highest BCUT2D eigenvalue weighted by Crippen LogP contribution is 2.14. The summed E-state index contributed by atoms with van der Waals surface area (Å²) in [6, 6.07) is 14.7. The SMILES string of the molecule is Cc1cc(C)cc(NCCCOc2cccc(C)c2)c1. The molecule has 0 amide bonds. The lowest BCUT2D eigenvalue weighted by molar-refractivity contribution is 0.315. The van der Waals surface area contributed by atoms with Gasteiger partial charge in [-0.05, 0) is 68.1 Å². The number of hydrogen-bond acceptors (Lipinski definition) is 2. The van der Waals surface area contributed by atoms with E-state index in [0.29, 0.717) is 0 Å². The zero-order chi connectivity index (χ0) is 14.4. The fraction of sp³-hybridized carbons (Fsp3) is 0.333. The van der Waals surface area contributed by atoms with Gasteiger partial charge in [0.05, 0.1) is 6.61 Å². The molecule has 2 aromatic rings. The molecular weight excluding hydrogens is 246 g/mol. The van der Waals surface area contributed by atoms with Crippen molar-refractivity contribution in [2.24, 2.45) is 0 Å². The molecule has 2 rings (SSSR count). The molecule has 1 N–H and O–H groups in total. The van der Waals surface area contributed by atoms with Gasteiger partial charge in [-0.25, -0.2) is 0 Å². The van der Waals surface area contributed by atoms with Gasteiger partial charge in [0, 0.05) is 12.2 Å². The fourth-order valence-corrected chi connectivity index (χ4v) is 2.28. The molecule has 0 atom stereocenters. The van der Waals surface area contributed by atoms with Crippen LogP contribution in [0.25, 0.3) is 0 Å². The van der Waals surface area contributed by atoms with Crippen LogP contribution >= 0.6 is 0 Å². The topological polar surface area (TPSA) is 21.3 Å². The molecule has 0 bridgehead atoms. The van der Waals surface area contributed by atoms with Gasteiger partial charge >= 0.3 is 0 Å². The Balaban J connectivity index is 1.71. The van der Waals surface area contributed by atoms with E-state index in [1.54, 1.807) is 0 Å². The summed E-state index contributed by atoms with van der Waals surface area (Å²) in [7, 11) is 0. The van der Waals surface area contributed by atoms with Gasteiger partial charge in [-0.1, -0.05) is 18.2 Å². The third kappa shape index (κ3) is 4.61. The Morgan fingerprint density at radius 2 is 1.65 bits per heavy atom. The minimum Gasteiger partial charge on any atom is -0.494 e. The first-order valence-corrected chi connectivity index (χ1v) is 7.15. The average Bonchev–Trinajstić information content (AvgIpc) is 2.37. The lowest BCUT2D eigenvalue weighted by Gasteiger charge is -2.10. The van der Waals surface area contributed by atoms with Gasteiger partial charge in [-0.3, -0.25) is 0 Å². The standard InChI is InChI=1S/C18H23NO/c1-14-6-4-7-18(13-14)20-9-5-8-19-17-11-15(2)10-16(3)12-17/h4,6-7,10-13,19H,5,8-9H2,1-3H3. The van der Waals surface area contributed by atoms with Crippen LogP contribution in [0.1, 0.15) is 23.1 Å². The highest BCUT2D eigenvalue weighted by molar-refractivity contribution is 5.48. The summed E-state index contributed by atoms with van der Waals surface area (Å²) in [5, 5.41) is 3.44. The van der Waals surface area contributed by atoms with Crippen LogP contribution in [-0.4, -0.2) is 13.2 Å². The van der Waals surface area contributed by atoms with Crippen LogP contribution in [0.2, 0.25) is 0 Å². The van der Waals surface area contributed by atoms with Gasteiger partial charge < -0.3 is 10.1 Å². The Morgan fingerprint density at radius 3 is 2.35 bits per heavy atom. The van der Waals surface area contributed by atoms with Crippen molar-refractivity contribution in [2.75, 3.05) is 18.5 Å². The van der Waals surface area contributed by atoms with Crippen LogP contribution in [0.15, 0.2) is 42.5 Å². The lowest BCUT2D eigenvalue weighted by atomic mass is 10.1. The summed E-state index contributed by atoms with van der Waals surface area (Å²) < 4.78 is 5.73. The molecule has 0 radical (unpaired) electrons. The van der Waals surface area contributed by atoms with Gasteiger partial charge in [0.2, 0.25) is 0 Å². The quantitative estimate of drug-likeness (QED) is 0.780. The molecule has 106 valence electrons. The summed E-state index contributed by atoms with van der Waals surface area (Å²) in [5.41, 5.74) is 5.01. The van der Waals surface area contributed by atoms with Crippen LogP contribution in [0, 0.1) is 20.8 Å². The average molecular weight is 269 g/mol. The van der Waals surface area contributed by atoms with Crippen molar-refractivity contribution < 1.29 is 4.74 Å². The normalized spacial score (nSPS) is 10.3. The molecule has 0 aliphatic carbocycles. The maximum atomic E-state index is 5.73. The van der Waals surface area contributed by atoms with Gasteiger partial charge in [0.25, 0.3) is 0 Å². The largest absolute Gasteiger partial charge is 0.494 e. The van der Waals surface area contributed by atoms with Gasteiger partial charge in [0.15, 0.2) is 0 Å². The Labute approximate surface area is 121 Å². The first-order chi connectivity index (χ1) is 9.63. The fourth-order valence-electron chi connectivity index (χ4n) is 2.28. The molecule has 0 aliphatic rings. The van der Waals surface area contributed by atoms with E-state index in [-0.39, 0.29) is 0 Å². The van der Waals surface area contributed by atoms with Crippen LogP contribution in [0.4, 0.5) is 5.69 Å². The maximum Gasteiger partial charge on any atom is 0.119 e. The minimum absolute atomic E-state index is 0.737. The summed E-state index contributed by atoms with van der Waals surface area (Å²) >= 11 is 0. The number of nitrogens with one attached hydrogen (secondary N) is 1. The van der Waals surface area contributed by atoms with Crippen molar-refractivity contribution in [3.8, 4) is 5.75 Å². The molecule has 0 fully saturated rings. The predicted octanol–water partition coefficient (Wildman–Crippen LogP) is 4.49. The Bertz CT molecular complexity index is 543. The summed E-state index contributed by atoms with van der Waals surface area (Å²) in [4.78, 5) is 0. The van der Waals surface area contributed by atoms with Crippen molar-refractivity contribution in [3.63, 3.8) is 0 Å². The van der Waals surface area contributed by atoms with E-state index in [1.807, 2.05) is 12.1 Å². The number of anilines is 1. The van der Waals surface area contributed by atoms with Crippen molar-refractivity contribution >= 4 is 5.69 Å². The third-order valence-corrected chi connectivity index (χ3v) is 3.13. The Kier molecular flexibility index (Phi) is 5.05. The summed E-state index contributed by atoms with van der Waals surface area (Å²) in [5.74, 6) is 0.955. The van der Waals surface area contributed by atoms with E-state index in [0.717, 1.165) is 25.3 Å². The molecule has 2 nitrogen and oxygen atoms in total. The van der Waals surface area contributed by atoms with Gasteiger partial charge in [-0.15, -0.1) is 0 Å². The van der Waals surface area contributed by atoms with E-state index in [4.69, 9.17) is 4.74 Å². The molecule has 0 aliphatic heterocycles. The van der Waals surface area contributed by atoms with E-state index in [9.17, 15) is 0 Å². The second-order valence-corrected chi connectivity index (χ2v) is 5.32. The van der Waals surface area contributed by atoms with Crippen molar-refractivity contribution in [3.05, 3.63) is 59.2 Å². The number of hydrogen-bond donors (Lipinski definition) is 1. The maximum absolute atomic E-state index is 5.73. The molecule has 2 heteroatoms. The second-order valence-electron chi connectivity index (χ2n) is 5.32. The summed E-state index contributed by atoms with van der Waals surface area (Å²) in [6.07, 6.45) is 0.987. The van der Waals surface area contributed by atoms with E-state index in [1.165, 1.54) is 22.4 Å². The molecule has 0 unspecified atom stereocenters. The first-order valence-electron chi connectivity index (χ1n) is 7.15. The highest BCUT2D eigenvalue weighted by atomic mass is 16.5. The first kappa shape index (κ1) is 14.4. The zero-order valence-corrected chi connectivity index (χ0v) is 12.6. The monoisotopic (exact) mass is 269 g/mol. The number of aryl methyl sites for hydroxylation is 3. The van der Waals surface area contributed by atoms with Crippen LogP contribution < -0.4 is 10.1 Å². The minimum atomic E-state index is 0.737. The molecular formula is C18H23NO. The smallest absolute Gasteiger partial charge is 0.119 e. The Hall–Kier alpha value is -1.96. The Morgan fingerprint density at radius 1 is 0.900 bits per heavy atom. The highest BCUT2D eigenvalue weighted by Gasteiger charge is 1.97. The van der Waals surface area contributed by atoms with Gasteiger partial charge in [-0.2, -0.15) is 0 Å². The molecule has 0 saturated heterocycles. The number of rotatable bonds is 6. The third-order valence-electron chi connectivity index (χ3n) is 3.13. The van der Waals surface area contributed by atoms with Crippen molar-refractivity contribution in [1.29, 1.82) is 0 Å². The molecule has 0 saturated carbocycles. The number of ether oxygens (including phenoxy) is 1. The number of benzene rings is 2. The van der Waals surface area contributed by atoms with Gasteiger partial charge in [0.1, 0.15) is 5.75 Å². The molecule has 20 heavy (non-hydrogen) atoms. The van der Waals surface area contributed by atoms with E-state index < -0.39 is 0 Å². The summed E-state index contributed by atoms with van der Waals surface area (Å²) in [6.45, 7) is 7.99. The van der Waals surface area contributed by atoms with Crippen LogP contribution in [-0.2, 0) is 0 Å². The predicted molar refractivity (Wildman–Crippen MR) is 85.7 cm³/mol. The molecule has 2 aromatic carbocycles. The lowest BCUT2D eigenvalue weighted by Crippen LogP contribution is -2.07. The molecule has 0 spiro atoms. The van der Waals surface area contributed by atoms with E-state index in [2.05, 4.69) is 56.4 Å². The van der Waals surface area contributed by atoms with Crippen LogP contribution in [0.5, 0.6) is 5.75 Å². The van der Waals surface area contributed by atoms with Crippen molar-refractivity contribution in [1.82, 2.24) is 0 Å². The second kappa shape index (κ2) is 6.99. The van der Waals surface area contributed by atoms with E-state index >= 15 is 0 Å². The van der Waals surface area contributed by atoms with Crippen molar-refractivity contribution in [2.45, 2.75) is 27.2 Å². The molecule has 0 heterocycles. The molecule has 0 aromatic heterocycles.